The molecule has 1 amide bonds. The van der Waals surface area contributed by atoms with E-state index in [1.165, 1.54) is 5.56 Å². The standard InChI is InChI=1S/C20H31N3O2/c1-15(2)23-12-9-20(10-13-23,14-16-6-4-3-5-7-16)22-19(25)18-17(24)8-11-21-18/h3-7,15,17-18,21,24H,8-14H2,1-2H3,(H,22,25). The van der Waals surface area contributed by atoms with Crippen LogP contribution in [0, 0.1) is 0 Å². The fraction of sp³-hybridized carbons (Fsp3) is 0.650. The molecule has 2 aliphatic rings. The van der Waals surface area contributed by atoms with Gasteiger partial charge < -0.3 is 20.6 Å². The van der Waals surface area contributed by atoms with Crippen LogP contribution >= 0.6 is 0 Å². The number of nitrogens with zero attached hydrogens (tertiary/aromatic N) is 1. The molecule has 138 valence electrons. The fourth-order valence-corrected chi connectivity index (χ4v) is 4.10. The van der Waals surface area contributed by atoms with E-state index in [0.717, 1.165) is 32.4 Å². The molecule has 5 heteroatoms. The van der Waals surface area contributed by atoms with Crippen LogP contribution in [0.3, 0.4) is 0 Å². The van der Waals surface area contributed by atoms with Gasteiger partial charge in [-0.05, 0) is 51.6 Å². The Labute approximate surface area is 150 Å². The summed E-state index contributed by atoms with van der Waals surface area (Å²) in [6.45, 7) is 7.13. The highest BCUT2D eigenvalue weighted by Gasteiger charge is 2.40. The van der Waals surface area contributed by atoms with Crippen LogP contribution in [0.4, 0.5) is 0 Å². The second kappa shape index (κ2) is 7.85. The molecule has 0 aromatic heterocycles. The Bertz CT molecular complexity index is 568. The monoisotopic (exact) mass is 345 g/mol. The van der Waals surface area contributed by atoms with Crippen molar-refractivity contribution in [2.75, 3.05) is 19.6 Å². The molecule has 0 saturated carbocycles. The zero-order chi connectivity index (χ0) is 17.9. The molecule has 2 saturated heterocycles. The summed E-state index contributed by atoms with van der Waals surface area (Å²) in [5.41, 5.74) is 1.02. The molecule has 1 aromatic rings. The number of amides is 1. The highest BCUT2D eigenvalue weighted by Crippen LogP contribution is 2.28. The first-order valence-corrected chi connectivity index (χ1v) is 9.51. The van der Waals surface area contributed by atoms with Gasteiger partial charge >= 0.3 is 0 Å². The number of rotatable bonds is 5. The van der Waals surface area contributed by atoms with Gasteiger partial charge in [-0.25, -0.2) is 0 Å². The average molecular weight is 345 g/mol. The molecule has 1 aromatic carbocycles. The van der Waals surface area contributed by atoms with Crippen LogP contribution in [0.5, 0.6) is 0 Å². The molecule has 2 unspecified atom stereocenters. The van der Waals surface area contributed by atoms with Gasteiger partial charge in [0.05, 0.1) is 6.10 Å². The molecule has 2 heterocycles. The predicted molar refractivity (Wildman–Crippen MR) is 99.4 cm³/mol. The summed E-state index contributed by atoms with van der Waals surface area (Å²) in [5.74, 6) is -0.0565. The van der Waals surface area contributed by atoms with Crippen molar-refractivity contribution < 1.29 is 9.90 Å². The third-order valence-electron chi connectivity index (χ3n) is 5.73. The number of nitrogens with one attached hydrogen (secondary N) is 2. The molecule has 0 spiro atoms. The highest BCUT2D eigenvalue weighted by molar-refractivity contribution is 5.83. The Morgan fingerprint density at radius 1 is 1.32 bits per heavy atom. The lowest BCUT2D eigenvalue weighted by atomic mass is 9.81. The van der Waals surface area contributed by atoms with Gasteiger partial charge in [0.15, 0.2) is 0 Å². The Balaban J connectivity index is 1.74. The predicted octanol–water partition coefficient (Wildman–Crippen LogP) is 1.31. The van der Waals surface area contributed by atoms with E-state index in [1.807, 2.05) is 6.07 Å². The average Bonchev–Trinajstić information content (AvgIpc) is 3.02. The maximum absolute atomic E-state index is 12.8. The number of aliphatic hydroxyl groups is 1. The van der Waals surface area contributed by atoms with Crippen LogP contribution in [0.25, 0.3) is 0 Å². The number of carbonyl (C=O) groups excluding carboxylic acids is 1. The van der Waals surface area contributed by atoms with E-state index in [-0.39, 0.29) is 11.4 Å². The van der Waals surface area contributed by atoms with Gasteiger partial charge in [-0.3, -0.25) is 4.79 Å². The zero-order valence-electron chi connectivity index (χ0n) is 15.4. The van der Waals surface area contributed by atoms with Crippen molar-refractivity contribution >= 4 is 5.91 Å². The van der Waals surface area contributed by atoms with Crippen LogP contribution in [-0.2, 0) is 11.2 Å². The molecule has 0 radical (unpaired) electrons. The maximum Gasteiger partial charge on any atom is 0.240 e. The van der Waals surface area contributed by atoms with Gasteiger partial charge in [-0.15, -0.1) is 0 Å². The number of likely N-dealkylation sites (tertiary alicyclic amines) is 1. The Kier molecular flexibility index (Phi) is 5.77. The third-order valence-corrected chi connectivity index (χ3v) is 5.73. The smallest absolute Gasteiger partial charge is 0.240 e. The van der Waals surface area contributed by atoms with Crippen molar-refractivity contribution in [3.63, 3.8) is 0 Å². The molecule has 2 fully saturated rings. The fourth-order valence-electron chi connectivity index (χ4n) is 4.10. The SMILES string of the molecule is CC(C)N1CCC(Cc2ccccc2)(NC(=O)C2NCCC2O)CC1. The van der Waals surface area contributed by atoms with Crippen LogP contribution < -0.4 is 10.6 Å². The summed E-state index contributed by atoms with van der Waals surface area (Å²) in [7, 11) is 0. The maximum atomic E-state index is 12.8. The first-order chi connectivity index (χ1) is 12.0. The normalized spacial score (nSPS) is 26.7. The van der Waals surface area contributed by atoms with E-state index in [9.17, 15) is 9.90 Å². The van der Waals surface area contributed by atoms with Crippen molar-refractivity contribution in [3.8, 4) is 0 Å². The van der Waals surface area contributed by atoms with Gasteiger partial charge in [-0.2, -0.15) is 0 Å². The molecule has 0 bridgehead atoms. The summed E-state index contributed by atoms with van der Waals surface area (Å²) in [6, 6.07) is 10.4. The minimum Gasteiger partial charge on any atom is -0.391 e. The number of hydrogen-bond donors (Lipinski definition) is 3. The van der Waals surface area contributed by atoms with Crippen molar-refractivity contribution in [1.29, 1.82) is 0 Å². The lowest BCUT2D eigenvalue weighted by Crippen LogP contribution is -2.61. The van der Waals surface area contributed by atoms with Gasteiger partial charge in [0.25, 0.3) is 0 Å². The number of aliphatic hydroxyl groups excluding tert-OH is 1. The summed E-state index contributed by atoms with van der Waals surface area (Å²) < 4.78 is 0. The molecule has 3 N–H and O–H groups in total. The van der Waals surface area contributed by atoms with Crippen LogP contribution in [0.15, 0.2) is 30.3 Å². The van der Waals surface area contributed by atoms with E-state index in [0.29, 0.717) is 19.0 Å². The van der Waals surface area contributed by atoms with E-state index >= 15 is 0 Å². The Hall–Kier alpha value is -1.43. The Morgan fingerprint density at radius 3 is 2.56 bits per heavy atom. The van der Waals surface area contributed by atoms with Crippen molar-refractivity contribution in [1.82, 2.24) is 15.5 Å². The van der Waals surface area contributed by atoms with Gasteiger partial charge in [0, 0.05) is 24.7 Å². The summed E-state index contributed by atoms with van der Waals surface area (Å²) >= 11 is 0. The minimum atomic E-state index is -0.579. The highest BCUT2D eigenvalue weighted by atomic mass is 16.3. The van der Waals surface area contributed by atoms with Crippen LogP contribution in [0.2, 0.25) is 0 Å². The third kappa shape index (κ3) is 4.40. The molecule has 3 rings (SSSR count). The van der Waals surface area contributed by atoms with E-state index in [2.05, 4.69) is 53.6 Å². The second-order valence-electron chi connectivity index (χ2n) is 7.85. The van der Waals surface area contributed by atoms with Gasteiger partial charge in [0.2, 0.25) is 5.91 Å². The molecular weight excluding hydrogens is 314 g/mol. The topological polar surface area (TPSA) is 64.6 Å². The molecule has 2 aliphatic heterocycles. The second-order valence-corrected chi connectivity index (χ2v) is 7.85. The largest absolute Gasteiger partial charge is 0.391 e. The van der Waals surface area contributed by atoms with Crippen molar-refractivity contribution in [3.05, 3.63) is 35.9 Å². The van der Waals surface area contributed by atoms with E-state index in [4.69, 9.17) is 0 Å². The zero-order valence-corrected chi connectivity index (χ0v) is 15.4. The van der Waals surface area contributed by atoms with Crippen molar-refractivity contribution in [2.45, 2.75) is 63.3 Å². The summed E-state index contributed by atoms with van der Waals surface area (Å²) in [4.78, 5) is 15.3. The number of piperidine rings is 1. The summed E-state index contributed by atoms with van der Waals surface area (Å²) in [5, 5.41) is 16.5. The van der Waals surface area contributed by atoms with Crippen LogP contribution in [0.1, 0.15) is 38.7 Å². The minimum absolute atomic E-state index is 0.0565. The first-order valence-electron chi connectivity index (χ1n) is 9.51. The number of carbonyl (C=O) groups is 1. The van der Waals surface area contributed by atoms with E-state index < -0.39 is 12.1 Å². The van der Waals surface area contributed by atoms with E-state index in [1.54, 1.807) is 0 Å². The molecule has 2 atom stereocenters. The molecule has 0 aliphatic carbocycles. The number of benzene rings is 1. The summed E-state index contributed by atoms with van der Waals surface area (Å²) in [6.07, 6.45) is 2.78. The van der Waals surface area contributed by atoms with Crippen molar-refractivity contribution in [2.24, 2.45) is 0 Å². The van der Waals surface area contributed by atoms with Gasteiger partial charge in [0.1, 0.15) is 6.04 Å². The quantitative estimate of drug-likeness (QED) is 0.753. The lowest BCUT2D eigenvalue weighted by molar-refractivity contribution is -0.127. The van der Waals surface area contributed by atoms with Gasteiger partial charge in [-0.1, -0.05) is 30.3 Å². The Morgan fingerprint density at radius 2 is 2.00 bits per heavy atom. The molecule has 5 nitrogen and oxygen atoms in total. The molecule has 25 heavy (non-hydrogen) atoms. The van der Waals surface area contributed by atoms with Crippen LogP contribution in [-0.4, -0.2) is 59.3 Å². The lowest BCUT2D eigenvalue weighted by Gasteiger charge is -2.44. The number of hydrogen-bond acceptors (Lipinski definition) is 4. The molecular formula is C20H31N3O2. The first kappa shape index (κ1) is 18.4.